The first kappa shape index (κ1) is 15.0. The number of hydrogen-bond acceptors (Lipinski definition) is 2. The molecule has 0 rings (SSSR count). The van der Waals surface area contributed by atoms with Gasteiger partial charge in [-0.2, -0.15) is 0 Å². The van der Waals surface area contributed by atoms with E-state index >= 15 is 0 Å². The lowest BCUT2D eigenvalue weighted by Crippen LogP contribution is -2.43. The van der Waals surface area contributed by atoms with Crippen molar-refractivity contribution in [3.8, 4) is 0 Å². The van der Waals surface area contributed by atoms with Gasteiger partial charge in [-0.05, 0) is 6.92 Å². The largest absolute Gasteiger partial charge is 0.481 e. The molecule has 0 radical (unpaired) electrons. The number of amides is 2. The maximum absolute atomic E-state index is 11.6. The molecule has 0 saturated carbocycles. The van der Waals surface area contributed by atoms with Crippen LogP contribution in [-0.2, 0) is 4.79 Å². The van der Waals surface area contributed by atoms with Gasteiger partial charge in [-0.25, -0.2) is 4.79 Å². The van der Waals surface area contributed by atoms with Crippen LogP contribution in [-0.4, -0.2) is 41.6 Å². The molecule has 0 aliphatic heterocycles. The summed E-state index contributed by atoms with van der Waals surface area (Å²) in [4.78, 5) is 23.7. The zero-order valence-corrected chi connectivity index (χ0v) is 11.1. The van der Waals surface area contributed by atoms with E-state index in [-0.39, 0.29) is 12.6 Å². The Morgan fingerprint density at radius 3 is 2.50 bits per heavy atom. The molecule has 0 aromatic carbocycles. The number of carboxylic acids is 1. The van der Waals surface area contributed by atoms with Crippen LogP contribution in [0.2, 0.25) is 0 Å². The van der Waals surface area contributed by atoms with Crippen molar-refractivity contribution in [2.45, 2.75) is 13.8 Å². The quantitative estimate of drug-likeness (QED) is 0.782. The average molecular weight is 293 g/mol. The summed E-state index contributed by atoms with van der Waals surface area (Å²) in [5, 5.41) is 11.4. The van der Waals surface area contributed by atoms with Crippen molar-refractivity contribution in [1.82, 2.24) is 10.2 Å². The molecular weight excluding hydrogens is 276 g/mol. The van der Waals surface area contributed by atoms with Gasteiger partial charge < -0.3 is 15.3 Å². The van der Waals surface area contributed by atoms with Crippen LogP contribution in [0, 0.1) is 5.92 Å². The minimum absolute atomic E-state index is 0.201. The molecule has 0 aliphatic rings. The summed E-state index contributed by atoms with van der Waals surface area (Å²) >= 11 is 3.13. The number of rotatable bonds is 6. The third-order valence-electron chi connectivity index (χ3n) is 2.02. The molecule has 1 atom stereocenters. The second-order valence-corrected chi connectivity index (χ2v) is 4.58. The van der Waals surface area contributed by atoms with E-state index in [0.29, 0.717) is 17.6 Å². The van der Waals surface area contributed by atoms with Crippen LogP contribution in [0.25, 0.3) is 0 Å². The van der Waals surface area contributed by atoms with Crippen LogP contribution in [0.5, 0.6) is 0 Å². The molecule has 0 spiro atoms. The molecule has 0 aromatic rings. The van der Waals surface area contributed by atoms with Crippen LogP contribution < -0.4 is 5.32 Å². The van der Waals surface area contributed by atoms with Gasteiger partial charge in [0.2, 0.25) is 0 Å². The highest BCUT2D eigenvalue weighted by molar-refractivity contribution is 9.11. The minimum atomic E-state index is -0.906. The first-order chi connectivity index (χ1) is 7.38. The summed E-state index contributed by atoms with van der Waals surface area (Å²) in [6.07, 6.45) is 0. The SMILES string of the molecule is C=C(Br)CNC(=O)N(CC)CC(C)C(=O)O. The second kappa shape index (κ2) is 7.27. The Morgan fingerprint density at radius 1 is 1.56 bits per heavy atom. The monoisotopic (exact) mass is 292 g/mol. The van der Waals surface area contributed by atoms with Crippen molar-refractivity contribution in [1.29, 1.82) is 0 Å². The standard InChI is InChI=1S/C10H17BrN2O3/c1-4-13(6-7(2)9(14)15)10(16)12-5-8(3)11/h7H,3-6H2,1-2H3,(H,12,16)(H,14,15). The molecule has 92 valence electrons. The van der Waals surface area contributed by atoms with Gasteiger partial charge in [-0.15, -0.1) is 0 Å². The lowest BCUT2D eigenvalue weighted by Gasteiger charge is -2.23. The third-order valence-corrected chi connectivity index (χ3v) is 2.30. The Balaban J connectivity index is 4.21. The Hall–Kier alpha value is -1.04. The molecule has 0 aliphatic carbocycles. The van der Waals surface area contributed by atoms with Gasteiger partial charge in [-0.1, -0.05) is 29.4 Å². The number of halogens is 1. The molecule has 2 amide bonds. The number of hydrogen-bond donors (Lipinski definition) is 2. The second-order valence-electron chi connectivity index (χ2n) is 3.45. The van der Waals surface area contributed by atoms with Gasteiger partial charge >= 0.3 is 12.0 Å². The summed E-state index contributed by atoms with van der Waals surface area (Å²) in [5.74, 6) is -1.48. The number of urea groups is 1. The lowest BCUT2D eigenvalue weighted by atomic mass is 10.2. The fourth-order valence-electron chi connectivity index (χ4n) is 1.05. The predicted octanol–water partition coefficient (Wildman–Crippen LogP) is 1.65. The Bertz CT molecular complexity index is 281. The first-order valence-electron chi connectivity index (χ1n) is 4.97. The smallest absolute Gasteiger partial charge is 0.317 e. The highest BCUT2D eigenvalue weighted by atomic mass is 79.9. The molecule has 6 heteroatoms. The molecule has 0 saturated heterocycles. The van der Waals surface area contributed by atoms with E-state index in [9.17, 15) is 9.59 Å². The van der Waals surface area contributed by atoms with Crippen molar-refractivity contribution in [3.05, 3.63) is 11.1 Å². The van der Waals surface area contributed by atoms with Gasteiger partial charge in [0.05, 0.1) is 12.5 Å². The van der Waals surface area contributed by atoms with Crippen LogP contribution in [0.3, 0.4) is 0 Å². The van der Waals surface area contributed by atoms with Gasteiger partial charge in [0.25, 0.3) is 0 Å². The summed E-state index contributed by atoms with van der Waals surface area (Å²) in [5.41, 5.74) is 0. The average Bonchev–Trinajstić information content (AvgIpc) is 2.21. The molecule has 0 fully saturated rings. The van der Waals surface area contributed by atoms with Crippen LogP contribution in [0.15, 0.2) is 11.1 Å². The van der Waals surface area contributed by atoms with Crippen LogP contribution in [0.4, 0.5) is 4.79 Å². The number of nitrogens with one attached hydrogen (secondary N) is 1. The molecule has 2 N–H and O–H groups in total. The van der Waals surface area contributed by atoms with Crippen molar-refractivity contribution >= 4 is 27.9 Å². The molecule has 5 nitrogen and oxygen atoms in total. The number of carboxylic acid groups (broad SMARTS) is 1. The van der Waals surface area contributed by atoms with E-state index in [1.165, 1.54) is 4.90 Å². The zero-order chi connectivity index (χ0) is 12.7. The van der Waals surface area contributed by atoms with Gasteiger partial charge in [0.1, 0.15) is 0 Å². The summed E-state index contributed by atoms with van der Waals surface area (Å²) < 4.78 is 0.670. The zero-order valence-electron chi connectivity index (χ0n) is 9.49. The molecule has 0 heterocycles. The van der Waals surface area contributed by atoms with E-state index in [1.807, 2.05) is 0 Å². The van der Waals surface area contributed by atoms with E-state index < -0.39 is 11.9 Å². The fraction of sp³-hybridized carbons (Fsp3) is 0.600. The van der Waals surface area contributed by atoms with E-state index in [0.717, 1.165) is 0 Å². The van der Waals surface area contributed by atoms with Crippen molar-refractivity contribution in [3.63, 3.8) is 0 Å². The summed E-state index contributed by atoms with van der Waals surface area (Å²) in [7, 11) is 0. The fourth-order valence-corrected chi connectivity index (χ4v) is 1.19. The molecule has 0 aromatic heterocycles. The minimum Gasteiger partial charge on any atom is -0.481 e. The molecule has 0 bridgehead atoms. The highest BCUT2D eigenvalue weighted by Crippen LogP contribution is 2.02. The number of carbonyl (C=O) groups is 2. The van der Waals surface area contributed by atoms with Gasteiger partial charge in [-0.3, -0.25) is 4.79 Å². The Kier molecular flexibility index (Phi) is 6.80. The predicted molar refractivity (Wildman–Crippen MR) is 65.5 cm³/mol. The van der Waals surface area contributed by atoms with Crippen molar-refractivity contribution in [2.24, 2.45) is 5.92 Å². The van der Waals surface area contributed by atoms with Crippen molar-refractivity contribution in [2.75, 3.05) is 19.6 Å². The van der Waals surface area contributed by atoms with Gasteiger partial charge in [0, 0.05) is 17.6 Å². The van der Waals surface area contributed by atoms with Gasteiger partial charge in [0.15, 0.2) is 0 Å². The maximum atomic E-state index is 11.6. The van der Waals surface area contributed by atoms with Crippen LogP contribution in [0.1, 0.15) is 13.8 Å². The summed E-state index contributed by atoms with van der Waals surface area (Å²) in [6, 6.07) is -0.281. The van der Waals surface area contributed by atoms with Crippen LogP contribution >= 0.6 is 15.9 Å². The molecule has 16 heavy (non-hydrogen) atoms. The van der Waals surface area contributed by atoms with Crippen molar-refractivity contribution < 1.29 is 14.7 Å². The summed E-state index contributed by atoms with van der Waals surface area (Å²) in [6.45, 7) is 7.97. The first-order valence-corrected chi connectivity index (χ1v) is 5.76. The lowest BCUT2D eigenvalue weighted by molar-refractivity contribution is -0.141. The Morgan fingerprint density at radius 2 is 2.12 bits per heavy atom. The molecule has 1 unspecified atom stereocenters. The normalized spacial score (nSPS) is 11.7. The highest BCUT2D eigenvalue weighted by Gasteiger charge is 2.18. The van der Waals surface area contributed by atoms with E-state index in [2.05, 4.69) is 27.8 Å². The van der Waals surface area contributed by atoms with E-state index in [1.54, 1.807) is 13.8 Å². The topological polar surface area (TPSA) is 69.6 Å². The van der Waals surface area contributed by atoms with E-state index in [4.69, 9.17) is 5.11 Å². The Labute approximate surface area is 104 Å². The number of carbonyl (C=O) groups excluding carboxylic acids is 1. The third kappa shape index (κ3) is 5.75. The number of aliphatic carboxylic acids is 1. The molecular formula is C10H17BrN2O3. The maximum Gasteiger partial charge on any atom is 0.317 e. The number of nitrogens with zero attached hydrogens (tertiary/aromatic N) is 1.